The van der Waals surface area contributed by atoms with Crippen LogP contribution in [-0.4, -0.2) is 22.7 Å². The van der Waals surface area contributed by atoms with Crippen LogP contribution in [0.5, 0.6) is 0 Å². The molecule has 23 heavy (non-hydrogen) atoms. The third kappa shape index (κ3) is 5.87. The maximum absolute atomic E-state index is 11.8. The molecule has 0 bridgehead atoms. The van der Waals surface area contributed by atoms with Crippen molar-refractivity contribution in [2.24, 2.45) is 0 Å². The molecular weight excluding hydrogens is 316 g/mol. The fourth-order valence-corrected chi connectivity index (χ4v) is 2.30. The lowest BCUT2D eigenvalue weighted by molar-refractivity contribution is -0.121. The van der Waals surface area contributed by atoms with E-state index >= 15 is 0 Å². The number of hydrogen-bond donors (Lipinski definition) is 3. The number of rotatable bonds is 6. The van der Waals surface area contributed by atoms with Gasteiger partial charge in [-0.05, 0) is 24.3 Å². The summed E-state index contributed by atoms with van der Waals surface area (Å²) in [7, 11) is 0. The molecule has 0 aliphatic carbocycles. The second-order valence-corrected chi connectivity index (χ2v) is 5.59. The van der Waals surface area contributed by atoms with Crippen LogP contribution < -0.4 is 16.0 Å². The lowest BCUT2D eigenvalue weighted by Gasteiger charge is -2.07. The van der Waals surface area contributed by atoms with Crippen molar-refractivity contribution >= 4 is 45.6 Å². The zero-order chi connectivity index (χ0) is 16.7. The fourth-order valence-electron chi connectivity index (χ4n) is 1.76. The van der Waals surface area contributed by atoms with Crippen molar-refractivity contribution < 1.29 is 14.4 Å². The summed E-state index contributed by atoms with van der Waals surface area (Å²) in [5.74, 6) is -0.671. The van der Waals surface area contributed by atoms with E-state index in [1.807, 2.05) is 0 Å². The third-order valence-corrected chi connectivity index (χ3v) is 3.44. The van der Waals surface area contributed by atoms with Crippen LogP contribution >= 0.6 is 11.3 Å². The van der Waals surface area contributed by atoms with Crippen molar-refractivity contribution in [3.8, 4) is 0 Å². The lowest BCUT2D eigenvalue weighted by Crippen LogP contribution is -2.17. The number of benzene rings is 1. The first-order valence-electron chi connectivity index (χ1n) is 6.90. The first-order chi connectivity index (χ1) is 11.0. The van der Waals surface area contributed by atoms with Crippen LogP contribution in [-0.2, 0) is 14.4 Å². The Morgan fingerprint density at radius 2 is 1.52 bits per heavy atom. The van der Waals surface area contributed by atoms with Crippen molar-refractivity contribution in [1.82, 2.24) is 4.98 Å². The Hall–Kier alpha value is -2.74. The molecule has 120 valence electrons. The molecule has 2 aromatic rings. The molecule has 0 saturated carbocycles. The van der Waals surface area contributed by atoms with Gasteiger partial charge in [0.2, 0.25) is 17.7 Å². The number of carbonyl (C=O) groups is 3. The lowest BCUT2D eigenvalue weighted by atomic mass is 10.2. The Bertz CT molecular complexity index is 683. The van der Waals surface area contributed by atoms with Gasteiger partial charge in [-0.2, -0.15) is 0 Å². The minimum absolute atomic E-state index is 0.0741. The molecule has 0 saturated heterocycles. The van der Waals surface area contributed by atoms with Crippen molar-refractivity contribution in [3.05, 3.63) is 35.8 Å². The maximum atomic E-state index is 11.8. The van der Waals surface area contributed by atoms with Gasteiger partial charge in [0.05, 0.1) is 0 Å². The molecule has 0 fully saturated rings. The molecule has 0 atom stereocenters. The molecule has 1 aromatic carbocycles. The Balaban J connectivity index is 1.75. The van der Waals surface area contributed by atoms with Crippen LogP contribution in [0.25, 0.3) is 0 Å². The van der Waals surface area contributed by atoms with E-state index < -0.39 is 0 Å². The van der Waals surface area contributed by atoms with Crippen LogP contribution in [0.1, 0.15) is 19.8 Å². The Morgan fingerprint density at radius 3 is 2.04 bits per heavy atom. The topological polar surface area (TPSA) is 100 Å². The molecule has 1 heterocycles. The highest BCUT2D eigenvalue weighted by Crippen LogP contribution is 2.14. The summed E-state index contributed by atoms with van der Waals surface area (Å²) < 4.78 is 0. The average Bonchev–Trinajstić information content (AvgIpc) is 2.99. The van der Waals surface area contributed by atoms with Gasteiger partial charge in [0.1, 0.15) is 0 Å². The van der Waals surface area contributed by atoms with Gasteiger partial charge in [-0.3, -0.25) is 14.4 Å². The van der Waals surface area contributed by atoms with Crippen molar-refractivity contribution in [3.63, 3.8) is 0 Å². The molecule has 0 aliphatic rings. The van der Waals surface area contributed by atoms with E-state index in [2.05, 4.69) is 20.9 Å². The summed E-state index contributed by atoms with van der Waals surface area (Å²) in [4.78, 5) is 38.3. The Labute approximate surface area is 137 Å². The quantitative estimate of drug-likeness (QED) is 0.756. The van der Waals surface area contributed by atoms with Crippen LogP contribution in [0, 0.1) is 0 Å². The zero-order valence-electron chi connectivity index (χ0n) is 12.5. The number of amides is 3. The molecule has 0 unspecified atom stereocenters. The number of nitrogens with zero attached hydrogens (tertiary/aromatic N) is 1. The number of anilines is 3. The predicted molar refractivity (Wildman–Crippen MR) is 89.4 cm³/mol. The summed E-state index contributed by atoms with van der Waals surface area (Å²) in [5, 5.41) is 10.2. The van der Waals surface area contributed by atoms with E-state index in [4.69, 9.17) is 0 Å². The van der Waals surface area contributed by atoms with Crippen molar-refractivity contribution in [2.45, 2.75) is 19.8 Å². The standard InChI is InChI=1S/C15H16N4O3S/c1-10(20)17-11-2-4-12(5-3-11)18-13(21)6-7-14(22)19-15-16-8-9-23-15/h2-5,8-9H,6-7H2,1H3,(H,17,20)(H,18,21)(H,16,19,22). The smallest absolute Gasteiger partial charge is 0.226 e. The number of thiazole rings is 1. The normalized spacial score (nSPS) is 9.96. The van der Waals surface area contributed by atoms with E-state index in [0.717, 1.165) is 0 Å². The third-order valence-electron chi connectivity index (χ3n) is 2.75. The molecule has 2 rings (SSSR count). The van der Waals surface area contributed by atoms with Crippen molar-refractivity contribution in [1.29, 1.82) is 0 Å². The zero-order valence-corrected chi connectivity index (χ0v) is 13.3. The van der Waals surface area contributed by atoms with E-state index in [1.165, 1.54) is 18.3 Å². The van der Waals surface area contributed by atoms with Crippen LogP contribution in [0.15, 0.2) is 35.8 Å². The molecule has 7 nitrogen and oxygen atoms in total. The Kier molecular flexibility index (Phi) is 5.81. The van der Waals surface area contributed by atoms with Gasteiger partial charge >= 0.3 is 0 Å². The number of nitrogens with one attached hydrogen (secondary N) is 3. The highest BCUT2D eigenvalue weighted by Gasteiger charge is 2.08. The van der Waals surface area contributed by atoms with Gasteiger partial charge in [-0.1, -0.05) is 0 Å². The van der Waals surface area contributed by atoms with Gasteiger partial charge in [-0.25, -0.2) is 4.98 Å². The van der Waals surface area contributed by atoms with Crippen molar-refractivity contribution in [2.75, 3.05) is 16.0 Å². The summed E-state index contributed by atoms with van der Waals surface area (Å²) in [6, 6.07) is 6.73. The summed E-state index contributed by atoms with van der Waals surface area (Å²) >= 11 is 1.32. The monoisotopic (exact) mass is 332 g/mol. The van der Waals surface area contributed by atoms with Gasteiger partial charge in [0, 0.05) is 42.7 Å². The van der Waals surface area contributed by atoms with Crippen LogP contribution in [0.2, 0.25) is 0 Å². The Morgan fingerprint density at radius 1 is 0.957 bits per heavy atom. The first kappa shape index (κ1) is 16.6. The summed E-state index contributed by atoms with van der Waals surface area (Å²) in [5.41, 5.74) is 1.25. The van der Waals surface area contributed by atoms with E-state index in [1.54, 1.807) is 35.8 Å². The number of aromatic nitrogens is 1. The first-order valence-corrected chi connectivity index (χ1v) is 7.78. The fraction of sp³-hybridized carbons (Fsp3) is 0.200. The summed E-state index contributed by atoms with van der Waals surface area (Å²) in [6.45, 7) is 1.42. The molecule has 3 amide bonds. The SMILES string of the molecule is CC(=O)Nc1ccc(NC(=O)CCC(=O)Nc2nccs2)cc1. The minimum atomic E-state index is -0.258. The molecule has 0 aliphatic heterocycles. The molecule has 3 N–H and O–H groups in total. The second kappa shape index (κ2) is 8.04. The van der Waals surface area contributed by atoms with Gasteiger partial charge in [-0.15, -0.1) is 11.3 Å². The van der Waals surface area contributed by atoms with E-state index in [9.17, 15) is 14.4 Å². The maximum Gasteiger partial charge on any atom is 0.226 e. The molecule has 0 spiro atoms. The summed E-state index contributed by atoms with van der Waals surface area (Å²) in [6.07, 6.45) is 1.75. The van der Waals surface area contributed by atoms with Gasteiger partial charge < -0.3 is 16.0 Å². The second-order valence-electron chi connectivity index (χ2n) is 4.69. The van der Waals surface area contributed by atoms with E-state index in [-0.39, 0.29) is 30.6 Å². The van der Waals surface area contributed by atoms with Gasteiger partial charge in [0.15, 0.2) is 5.13 Å². The molecule has 1 aromatic heterocycles. The predicted octanol–water partition coefficient (Wildman–Crippen LogP) is 2.46. The number of hydrogen-bond acceptors (Lipinski definition) is 5. The van der Waals surface area contributed by atoms with Gasteiger partial charge in [0.25, 0.3) is 0 Å². The highest BCUT2D eigenvalue weighted by atomic mass is 32.1. The molecule has 8 heteroatoms. The minimum Gasteiger partial charge on any atom is -0.326 e. The molecule has 0 radical (unpaired) electrons. The molecular formula is C15H16N4O3S. The number of carbonyl (C=O) groups excluding carboxylic acids is 3. The van der Waals surface area contributed by atoms with Crippen LogP contribution in [0.3, 0.4) is 0 Å². The highest BCUT2D eigenvalue weighted by molar-refractivity contribution is 7.13. The average molecular weight is 332 g/mol. The largest absolute Gasteiger partial charge is 0.326 e. The van der Waals surface area contributed by atoms with E-state index in [0.29, 0.717) is 16.5 Å². The van der Waals surface area contributed by atoms with Crippen LogP contribution in [0.4, 0.5) is 16.5 Å².